The number of aliphatic carboxylic acids is 1. The van der Waals surface area contributed by atoms with Crippen LogP contribution in [0.4, 0.5) is 0 Å². The number of nitrogens with zero attached hydrogens (tertiary/aromatic N) is 2. The molecule has 2 rings (SSSR count). The third-order valence-corrected chi connectivity index (χ3v) is 3.69. The average molecular weight is 281 g/mol. The number of carbonyl (C=O) groups excluding carboxylic acids is 1. The molecule has 110 valence electrons. The number of carboxylic acid groups (broad SMARTS) is 1. The number of carboxylic acids is 1. The molecule has 0 radical (unpaired) electrons. The van der Waals surface area contributed by atoms with Crippen molar-refractivity contribution < 1.29 is 19.4 Å². The first-order valence-electron chi connectivity index (χ1n) is 6.55. The van der Waals surface area contributed by atoms with Crippen LogP contribution in [0.3, 0.4) is 0 Å². The molecule has 1 aromatic heterocycles. The maximum Gasteiger partial charge on any atom is 0.332 e. The molecule has 0 unspecified atom stereocenters. The van der Waals surface area contributed by atoms with E-state index in [1.165, 1.54) is 0 Å². The predicted octanol–water partition coefficient (Wildman–Crippen LogP) is 0.285. The molecule has 1 aliphatic rings. The fourth-order valence-electron chi connectivity index (χ4n) is 2.37. The van der Waals surface area contributed by atoms with Crippen molar-refractivity contribution >= 4 is 11.9 Å². The minimum absolute atomic E-state index is 0.267. The van der Waals surface area contributed by atoms with Crippen molar-refractivity contribution in [3.63, 3.8) is 0 Å². The van der Waals surface area contributed by atoms with Crippen molar-refractivity contribution in [3.05, 3.63) is 17.0 Å². The number of rotatable bonds is 4. The second-order valence-corrected chi connectivity index (χ2v) is 5.02. The Morgan fingerprint density at radius 3 is 2.55 bits per heavy atom. The van der Waals surface area contributed by atoms with Crippen LogP contribution in [0.15, 0.2) is 0 Å². The van der Waals surface area contributed by atoms with Crippen LogP contribution in [0.2, 0.25) is 0 Å². The van der Waals surface area contributed by atoms with Gasteiger partial charge in [0, 0.05) is 24.8 Å². The van der Waals surface area contributed by atoms with Gasteiger partial charge in [0.15, 0.2) is 6.10 Å². The number of ether oxygens (including phenoxy) is 1. The topological polar surface area (TPSA) is 93.5 Å². The van der Waals surface area contributed by atoms with Crippen LogP contribution in [0.1, 0.15) is 29.8 Å². The molecule has 2 heterocycles. The van der Waals surface area contributed by atoms with Gasteiger partial charge in [0.25, 0.3) is 0 Å². The highest BCUT2D eigenvalue weighted by Gasteiger charge is 2.34. The second kappa shape index (κ2) is 5.62. The number of carbonyl (C=O) groups is 2. The van der Waals surface area contributed by atoms with Crippen LogP contribution < -0.4 is 5.32 Å². The summed E-state index contributed by atoms with van der Waals surface area (Å²) in [5.74, 6) is -1.28. The monoisotopic (exact) mass is 281 g/mol. The summed E-state index contributed by atoms with van der Waals surface area (Å²) in [6.45, 7) is 4.21. The van der Waals surface area contributed by atoms with Crippen LogP contribution in [0.25, 0.3) is 0 Å². The van der Waals surface area contributed by atoms with Crippen LogP contribution in [0, 0.1) is 13.8 Å². The van der Waals surface area contributed by atoms with Gasteiger partial charge < -0.3 is 15.2 Å². The summed E-state index contributed by atoms with van der Waals surface area (Å²) < 4.78 is 6.97. The Morgan fingerprint density at radius 1 is 1.40 bits per heavy atom. The SMILES string of the molecule is Cc1nn(C)c(C)c1CNC(=O)[C@@H]1CC[C@H](C(=O)O)O1. The second-order valence-electron chi connectivity index (χ2n) is 5.02. The molecular formula is C13H19N3O4. The maximum absolute atomic E-state index is 12.0. The van der Waals surface area contributed by atoms with Gasteiger partial charge in [-0.15, -0.1) is 0 Å². The Balaban J connectivity index is 1.91. The van der Waals surface area contributed by atoms with Gasteiger partial charge in [0.2, 0.25) is 5.91 Å². The number of aromatic nitrogens is 2. The molecule has 0 bridgehead atoms. The van der Waals surface area contributed by atoms with Crippen molar-refractivity contribution in [2.75, 3.05) is 0 Å². The largest absolute Gasteiger partial charge is 0.479 e. The van der Waals surface area contributed by atoms with Gasteiger partial charge in [-0.1, -0.05) is 0 Å². The zero-order chi connectivity index (χ0) is 14.9. The Hall–Kier alpha value is -1.89. The summed E-state index contributed by atoms with van der Waals surface area (Å²) in [4.78, 5) is 22.7. The van der Waals surface area contributed by atoms with Crippen LogP contribution in [0.5, 0.6) is 0 Å². The summed E-state index contributed by atoms with van der Waals surface area (Å²) in [5, 5.41) is 15.9. The van der Waals surface area contributed by atoms with E-state index in [0.29, 0.717) is 19.4 Å². The summed E-state index contributed by atoms with van der Waals surface area (Å²) >= 11 is 0. The van der Waals surface area contributed by atoms with Gasteiger partial charge in [-0.05, 0) is 26.7 Å². The molecule has 7 nitrogen and oxygen atoms in total. The third-order valence-electron chi connectivity index (χ3n) is 3.69. The molecular weight excluding hydrogens is 262 g/mol. The lowest BCUT2D eigenvalue weighted by Gasteiger charge is -2.12. The lowest BCUT2D eigenvalue weighted by atomic mass is 10.1. The molecule has 0 saturated carbocycles. The zero-order valence-electron chi connectivity index (χ0n) is 11.8. The van der Waals surface area contributed by atoms with Gasteiger partial charge in [-0.3, -0.25) is 9.48 Å². The Morgan fingerprint density at radius 2 is 2.05 bits per heavy atom. The van der Waals surface area contributed by atoms with Crippen LogP contribution in [-0.2, 0) is 27.9 Å². The Kier molecular flexibility index (Phi) is 4.08. The van der Waals surface area contributed by atoms with E-state index in [9.17, 15) is 9.59 Å². The quantitative estimate of drug-likeness (QED) is 0.827. The number of nitrogens with one attached hydrogen (secondary N) is 1. The highest BCUT2D eigenvalue weighted by molar-refractivity contribution is 5.82. The standard InChI is InChI=1S/C13H19N3O4/c1-7-9(8(2)16(3)15-7)6-14-12(17)10-4-5-11(20-10)13(18)19/h10-11H,4-6H2,1-3H3,(H,14,17)(H,18,19)/t10-,11+/m0/s1. The molecule has 0 aliphatic carbocycles. The van der Waals surface area contributed by atoms with Crippen molar-refractivity contribution in [1.29, 1.82) is 0 Å². The molecule has 2 N–H and O–H groups in total. The molecule has 20 heavy (non-hydrogen) atoms. The highest BCUT2D eigenvalue weighted by Crippen LogP contribution is 2.20. The minimum Gasteiger partial charge on any atom is -0.479 e. The van der Waals surface area contributed by atoms with E-state index in [-0.39, 0.29) is 5.91 Å². The van der Waals surface area contributed by atoms with E-state index in [0.717, 1.165) is 17.0 Å². The molecule has 1 fully saturated rings. The molecule has 1 aliphatic heterocycles. The third kappa shape index (κ3) is 2.82. The molecule has 1 aromatic rings. The van der Waals surface area contributed by atoms with Crippen molar-refractivity contribution in [1.82, 2.24) is 15.1 Å². The fourth-order valence-corrected chi connectivity index (χ4v) is 2.37. The highest BCUT2D eigenvalue weighted by atomic mass is 16.5. The number of aryl methyl sites for hydroxylation is 2. The summed E-state index contributed by atoms with van der Waals surface area (Å²) in [5.41, 5.74) is 2.85. The van der Waals surface area contributed by atoms with Gasteiger partial charge in [-0.25, -0.2) is 4.79 Å². The normalized spacial score (nSPS) is 21.9. The predicted molar refractivity (Wildman–Crippen MR) is 70.1 cm³/mol. The number of hydrogen-bond donors (Lipinski definition) is 2. The van der Waals surface area contributed by atoms with Crippen molar-refractivity contribution in [3.8, 4) is 0 Å². The molecule has 7 heteroatoms. The number of amides is 1. The van der Waals surface area contributed by atoms with Gasteiger partial charge in [0.05, 0.1) is 5.69 Å². The smallest absolute Gasteiger partial charge is 0.332 e. The fraction of sp³-hybridized carbons (Fsp3) is 0.615. The first kappa shape index (κ1) is 14.5. The molecule has 0 spiro atoms. The zero-order valence-corrected chi connectivity index (χ0v) is 11.8. The summed E-state index contributed by atoms with van der Waals surface area (Å²) in [7, 11) is 1.85. The molecule has 1 amide bonds. The lowest BCUT2D eigenvalue weighted by Crippen LogP contribution is -2.35. The van der Waals surface area contributed by atoms with E-state index in [4.69, 9.17) is 9.84 Å². The minimum atomic E-state index is -1.01. The maximum atomic E-state index is 12.0. The molecule has 1 saturated heterocycles. The number of hydrogen-bond acceptors (Lipinski definition) is 4. The van der Waals surface area contributed by atoms with E-state index in [2.05, 4.69) is 10.4 Å². The average Bonchev–Trinajstić information content (AvgIpc) is 2.95. The summed E-state index contributed by atoms with van der Waals surface area (Å²) in [6.07, 6.45) is -0.729. The lowest BCUT2D eigenvalue weighted by molar-refractivity contribution is -0.151. The van der Waals surface area contributed by atoms with Crippen molar-refractivity contribution in [2.24, 2.45) is 7.05 Å². The van der Waals surface area contributed by atoms with Gasteiger partial charge >= 0.3 is 5.97 Å². The molecule has 2 atom stereocenters. The Labute approximate surface area is 116 Å². The van der Waals surface area contributed by atoms with Crippen LogP contribution >= 0.6 is 0 Å². The van der Waals surface area contributed by atoms with E-state index >= 15 is 0 Å². The summed E-state index contributed by atoms with van der Waals surface area (Å²) in [6, 6.07) is 0. The first-order chi connectivity index (χ1) is 9.40. The first-order valence-corrected chi connectivity index (χ1v) is 6.55. The van der Waals surface area contributed by atoms with E-state index in [1.807, 2.05) is 20.9 Å². The van der Waals surface area contributed by atoms with Gasteiger partial charge in [0.1, 0.15) is 6.10 Å². The van der Waals surface area contributed by atoms with E-state index < -0.39 is 18.2 Å². The van der Waals surface area contributed by atoms with Crippen molar-refractivity contribution in [2.45, 2.75) is 45.4 Å². The Bertz CT molecular complexity index is 538. The van der Waals surface area contributed by atoms with Crippen LogP contribution in [-0.4, -0.2) is 39.0 Å². The van der Waals surface area contributed by atoms with E-state index in [1.54, 1.807) is 4.68 Å². The molecule has 0 aromatic carbocycles. The van der Waals surface area contributed by atoms with Gasteiger partial charge in [-0.2, -0.15) is 5.10 Å².